The molecule has 5 nitrogen and oxygen atoms in total. The molecule has 0 unspecified atom stereocenters. The van der Waals surface area contributed by atoms with Gasteiger partial charge in [0.2, 0.25) is 0 Å². The highest BCUT2D eigenvalue weighted by Crippen LogP contribution is 2.31. The molecule has 1 aromatic heterocycles. The number of hydrogen-bond donors (Lipinski definition) is 3. The second-order valence-electron chi connectivity index (χ2n) is 5.90. The van der Waals surface area contributed by atoms with Gasteiger partial charge in [0.1, 0.15) is 0 Å². The van der Waals surface area contributed by atoms with Gasteiger partial charge in [-0.3, -0.25) is 9.78 Å². The van der Waals surface area contributed by atoms with Crippen molar-refractivity contribution in [2.75, 3.05) is 13.1 Å². The van der Waals surface area contributed by atoms with Crippen molar-refractivity contribution in [3.63, 3.8) is 0 Å². The minimum absolute atomic E-state index is 0.208. The SMILES string of the molecule is Cc1ncccc1C(=O)N[C@@]1(c2ccccc2)CCNC[C@H]1O. The smallest absolute Gasteiger partial charge is 0.253 e. The lowest BCUT2D eigenvalue weighted by Crippen LogP contribution is -2.61. The Bertz CT molecular complexity index is 690. The van der Waals surface area contributed by atoms with Gasteiger partial charge in [-0.05, 0) is 37.6 Å². The fraction of sp³-hybridized carbons (Fsp3) is 0.333. The van der Waals surface area contributed by atoms with Crippen molar-refractivity contribution >= 4 is 5.91 Å². The molecule has 2 atom stereocenters. The van der Waals surface area contributed by atoms with Crippen molar-refractivity contribution in [1.82, 2.24) is 15.6 Å². The second kappa shape index (κ2) is 6.48. The van der Waals surface area contributed by atoms with Gasteiger partial charge in [0.15, 0.2) is 0 Å². The molecule has 0 spiro atoms. The number of nitrogens with zero attached hydrogens (tertiary/aromatic N) is 1. The number of aliphatic hydroxyl groups excluding tert-OH is 1. The summed E-state index contributed by atoms with van der Waals surface area (Å²) in [6.07, 6.45) is 1.60. The van der Waals surface area contributed by atoms with Gasteiger partial charge >= 0.3 is 0 Å². The lowest BCUT2D eigenvalue weighted by Gasteiger charge is -2.43. The van der Waals surface area contributed by atoms with Crippen molar-refractivity contribution in [2.45, 2.75) is 25.0 Å². The van der Waals surface area contributed by atoms with E-state index < -0.39 is 11.6 Å². The number of pyridine rings is 1. The molecule has 1 aliphatic rings. The third-order valence-corrected chi connectivity index (χ3v) is 4.48. The Morgan fingerprint density at radius 2 is 2.09 bits per heavy atom. The van der Waals surface area contributed by atoms with E-state index in [1.165, 1.54) is 0 Å². The molecular weight excluding hydrogens is 290 g/mol. The summed E-state index contributed by atoms with van der Waals surface area (Å²) in [6.45, 7) is 2.99. The standard InChI is InChI=1S/C18H21N3O2/c1-13-15(8-5-10-20-13)17(23)21-18(9-11-19-12-16(18)22)14-6-3-2-4-7-14/h2-8,10,16,19,22H,9,11-12H2,1H3,(H,21,23)/t16-,18-/m1/s1. The third kappa shape index (κ3) is 2.98. The Hall–Kier alpha value is -2.24. The first-order chi connectivity index (χ1) is 11.1. The van der Waals surface area contributed by atoms with E-state index >= 15 is 0 Å². The van der Waals surface area contributed by atoms with Gasteiger partial charge in [0.05, 0.1) is 17.2 Å². The normalized spacial score (nSPS) is 24.2. The number of rotatable bonds is 3. The highest BCUT2D eigenvalue weighted by molar-refractivity contribution is 5.95. The van der Waals surface area contributed by atoms with E-state index in [-0.39, 0.29) is 5.91 Å². The van der Waals surface area contributed by atoms with Crippen molar-refractivity contribution in [1.29, 1.82) is 0 Å². The van der Waals surface area contributed by atoms with E-state index in [1.54, 1.807) is 18.3 Å². The summed E-state index contributed by atoms with van der Waals surface area (Å²) < 4.78 is 0. The summed E-state index contributed by atoms with van der Waals surface area (Å²) in [7, 11) is 0. The number of benzene rings is 1. The van der Waals surface area contributed by atoms with E-state index in [2.05, 4.69) is 15.6 Å². The van der Waals surface area contributed by atoms with Crippen LogP contribution in [0.3, 0.4) is 0 Å². The Balaban J connectivity index is 1.97. The molecule has 0 saturated carbocycles. The number of aliphatic hydroxyl groups is 1. The van der Waals surface area contributed by atoms with Crippen LogP contribution in [0.4, 0.5) is 0 Å². The topological polar surface area (TPSA) is 74.2 Å². The van der Waals surface area contributed by atoms with Gasteiger partial charge in [-0.2, -0.15) is 0 Å². The van der Waals surface area contributed by atoms with Crippen LogP contribution in [0.15, 0.2) is 48.7 Å². The average molecular weight is 311 g/mol. The molecule has 1 aliphatic heterocycles. The number of aryl methyl sites for hydroxylation is 1. The maximum Gasteiger partial charge on any atom is 0.253 e. The summed E-state index contributed by atoms with van der Waals surface area (Å²) in [6, 6.07) is 13.2. The summed E-state index contributed by atoms with van der Waals surface area (Å²) in [5, 5.41) is 16.9. The minimum atomic E-state index is -0.786. The van der Waals surface area contributed by atoms with Crippen LogP contribution in [0.25, 0.3) is 0 Å². The van der Waals surface area contributed by atoms with Crippen LogP contribution in [-0.2, 0) is 5.54 Å². The summed E-state index contributed by atoms with van der Waals surface area (Å²) in [4.78, 5) is 16.9. The van der Waals surface area contributed by atoms with Crippen LogP contribution in [0.5, 0.6) is 0 Å². The molecule has 1 fully saturated rings. The molecule has 5 heteroatoms. The maximum atomic E-state index is 12.8. The van der Waals surface area contributed by atoms with Crippen LogP contribution < -0.4 is 10.6 Å². The fourth-order valence-electron chi connectivity index (χ4n) is 3.15. The zero-order valence-electron chi connectivity index (χ0n) is 13.1. The first kappa shape index (κ1) is 15.6. The summed E-state index contributed by atoms with van der Waals surface area (Å²) >= 11 is 0. The second-order valence-corrected chi connectivity index (χ2v) is 5.90. The highest BCUT2D eigenvalue weighted by Gasteiger charge is 2.43. The molecule has 2 aromatic rings. The van der Waals surface area contributed by atoms with Gasteiger partial charge in [0, 0.05) is 18.4 Å². The zero-order chi connectivity index (χ0) is 16.3. The number of piperidine rings is 1. The Labute approximate surface area is 135 Å². The molecule has 1 amide bonds. The molecule has 0 radical (unpaired) electrons. The zero-order valence-corrected chi connectivity index (χ0v) is 13.1. The van der Waals surface area contributed by atoms with Crippen molar-refractivity contribution in [2.24, 2.45) is 0 Å². The molecular formula is C18H21N3O2. The lowest BCUT2D eigenvalue weighted by atomic mass is 9.79. The molecule has 0 bridgehead atoms. The first-order valence-electron chi connectivity index (χ1n) is 7.82. The molecule has 23 heavy (non-hydrogen) atoms. The highest BCUT2D eigenvalue weighted by atomic mass is 16.3. The predicted octanol–water partition coefficient (Wildman–Crippen LogP) is 1.37. The largest absolute Gasteiger partial charge is 0.389 e. The number of carbonyl (C=O) groups excluding carboxylic acids is 1. The van der Waals surface area contributed by atoms with E-state index in [1.807, 2.05) is 37.3 Å². The number of aromatic nitrogens is 1. The van der Waals surface area contributed by atoms with Gasteiger partial charge in [-0.25, -0.2) is 0 Å². The van der Waals surface area contributed by atoms with Crippen LogP contribution >= 0.6 is 0 Å². The first-order valence-corrected chi connectivity index (χ1v) is 7.82. The van der Waals surface area contributed by atoms with Crippen LogP contribution in [0.1, 0.15) is 28.0 Å². The molecule has 1 aromatic carbocycles. The number of β-amino-alcohol motifs (C(OH)–C–C–N with tert-alkyl or cyclic N) is 1. The third-order valence-electron chi connectivity index (χ3n) is 4.48. The quantitative estimate of drug-likeness (QED) is 0.800. The molecule has 3 N–H and O–H groups in total. The Morgan fingerprint density at radius 1 is 1.30 bits per heavy atom. The molecule has 3 rings (SSSR count). The van der Waals surface area contributed by atoms with Gasteiger partial charge in [-0.15, -0.1) is 0 Å². The van der Waals surface area contributed by atoms with E-state index in [9.17, 15) is 9.90 Å². The number of nitrogens with one attached hydrogen (secondary N) is 2. The minimum Gasteiger partial charge on any atom is -0.389 e. The van der Waals surface area contributed by atoms with Crippen LogP contribution in [-0.4, -0.2) is 35.2 Å². The summed E-state index contributed by atoms with van der Waals surface area (Å²) in [5.41, 5.74) is 1.35. The van der Waals surface area contributed by atoms with Crippen molar-refractivity contribution in [3.8, 4) is 0 Å². The Morgan fingerprint density at radius 3 is 2.78 bits per heavy atom. The molecule has 2 heterocycles. The lowest BCUT2D eigenvalue weighted by molar-refractivity contribution is 0.0289. The van der Waals surface area contributed by atoms with Crippen molar-refractivity contribution < 1.29 is 9.90 Å². The van der Waals surface area contributed by atoms with Gasteiger partial charge in [0.25, 0.3) is 5.91 Å². The molecule has 0 aliphatic carbocycles. The average Bonchev–Trinajstić information content (AvgIpc) is 2.58. The predicted molar refractivity (Wildman–Crippen MR) is 88.1 cm³/mol. The van der Waals surface area contributed by atoms with Gasteiger partial charge < -0.3 is 15.7 Å². The Kier molecular flexibility index (Phi) is 4.41. The van der Waals surface area contributed by atoms with Gasteiger partial charge in [-0.1, -0.05) is 30.3 Å². The number of carbonyl (C=O) groups is 1. The fourth-order valence-corrected chi connectivity index (χ4v) is 3.15. The summed E-state index contributed by atoms with van der Waals surface area (Å²) in [5.74, 6) is -0.208. The van der Waals surface area contributed by atoms with Crippen LogP contribution in [0.2, 0.25) is 0 Å². The van der Waals surface area contributed by atoms with Crippen molar-refractivity contribution in [3.05, 3.63) is 65.5 Å². The monoisotopic (exact) mass is 311 g/mol. The van der Waals surface area contributed by atoms with E-state index in [0.29, 0.717) is 24.2 Å². The molecule has 120 valence electrons. The number of hydrogen-bond acceptors (Lipinski definition) is 4. The molecule has 1 saturated heterocycles. The van der Waals surface area contributed by atoms with Crippen LogP contribution in [0, 0.1) is 6.92 Å². The van der Waals surface area contributed by atoms with E-state index in [4.69, 9.17) is 0 Å². The number of amides is 1. The maximum absolute atomic E-state index is 12.8. The van der Waals surface area contributed by atoms with E-state index in [0.717, 1.165) is 12.1 Å².